The molecule has 3 rings (SSSR count). The van der Waals surface area contributed by atoms with Gasteiger partial charge in [0, 0.05) is 25.8 Å². The first-order chi connectivity index (χ1) is 11.9. The average Bonchev–Trinajstić information content (AvgIpc) is 2.52. The number of carboxylic acids is 1. The van der Waals surface area contributed by atoms with E-state index in [2.05, 4.69) is 18.7 Å². The lowest BCUT2D eigenvalue weighted by Gasteiger charge is -2.40. The quantitative estimate of drug-likeness (QED) is 0.772. The van der Waals surface area contributed by atoms with Crippen molar-refractivity contribution in [2.75, 3.05) is 30.4 Å². The SMILES string of the molecule is CC(C)CN(c1ccc(C2(C(=O)O)CCC2)cc1N)C1CCOCC1. The van der Waals surface area contributed by atoms with Crippen molar-refractivity contribution >= 4 is 17.3 Å². The molecule has 1 aliphatic carbocycles. The first-order valence-corrected chi connectivity index (χ1v) is 9.42. The van der Waals surface area contributed by atoms with E-state index in [1.54, 1.807) is 0 Å². The summed E-state index contributed by atoms with van der Waals surface area (Å²) in [6.45, 7) is 6.95. The fourth-order valence-electron chi connectivity index (χ4n) is 4.10. The van der Waals surface area contributed by atoms with Crippen molar-refractivity contribution in [2.45, 2.75) is 57.4 Å². The number of aliphatic carboxylic acids is 1. The highest BCUT2D eigenvalue weighted by Crippen LogP contribution is 2.45. The van der Waals surface area contributed by atoms with E-state index in [0.29, 0.717) is 30.5 Å². The zero-order chi connectivity index (χ0) is 18.0. The Morgan fingerprint density at radius 3 is 2.52 bits per heavy atom. The van der Waals surface area contributed by atoms with Gasteiger partial charge in [0.15, 0.2) is 0 Å². The number of anilines is 2. The van der Waals surface area contributed by atoms with Crippen LogP contribution in [0.15, 0.2) is 18.2 Å². The van der Waals surface area contributed by atoms with E-state index in [0.717, 1.165) is 50.3 Å². The Balaban J connectivity index is 1.90. The van der Waals surface area contributed by atoms with Crippen LogP contribution < -0.4 is 10.6 Å². The summed E-state index contributed by atoms with van der Waals surface area (Å²) in [4.78, 5) is 14.2. The monoisotopic (exact) mass is 346 g/mol. The molecule has 1 saturated heterocycles. The van der Waals surface area contributed by atoms with E-state index in [1.165, 1.54) is 0 Å². The van der Waals surface area contributed by atoms with Gasteiger partial charge in [-0.1, -0.05) is 26.3 Å². The van der Waals surface area contributed by atoms with Crippen molar-refractivity contribution in [1.82, 2.24) is 0 Å². The lowest BCUT2D eigenvalue weighted by molar-refractivity contribution is -0.147. The molecule has 0 atom stereocenters. The van der Waals surface area contributed by atoms with Crippen molar-refractivity contribution < 1.29 is 14.6 Å². The molecule has 0 bridgehead atoms. The van der Waals surface area contributed by atoms with E-state index in [-0.39, 0.29) is 0 Å². The van der Waals surface area contributed by atoms with Crippen molar-refractivity contribution in [3.63, 3.8) is 0 Å². The minimum atomic E-state index is -0.728. The first kappa shape index (κ1) is 18.1. The maximum Gasteiger partial charge on any atom is 0.314 e. The van der Waals surface area contributed by atoms with Crippen LogP contribution in [0, 0.1) is 5.92 Å². The molecular weight excluding hydrogens is 316 g/mol. The Morgan fingerprint density at radius 1 is 1.36 bits per heavy atom. The van der Waals surface area contributed by atoms with Gasteiger partial charge in [-0.2, -0.15) is 0 Å². The molecule has 0 unspecified atom stereocenters. The van der Waals surface area contributed by atoms with Crippen molar-refractivity contribution in [1.29, 1.82) is 0 Å². The summed E-state index contributed by atoms with van der Waals surface area (Å²) < 4.78 is 5.51. The Labute approximate surface area is 150 Å². The lowest BCUT2D eigenvalue weighted by atomic mass is 9.64. The number of nitrogens with zero attached hydrogens (tertiary/aromatic N) is 1. The number of nitrogens with two attached hydrogens (primary N) is 1. The molecule has 1 aromatic carbocycles. The number of benzene rings is 1. The number of ether oxygens (including phenoxy) is 1. The summed E-state index contributed by atoms with van der Waals surface area (Å²) in [7, 11) is 0. The number of carboxylic acid groups (broad SMARTS) is 1. The van der Waals surface area contributed by atoms with Gasteiger partial charge in [0.05, 0.1) is 16.8 Å². The summed E-state index contributed by atoms with van der Waals surface area (Å²) in [5.74, 6) is -0.201. The number of carbonyl (C=O) groups is 1. The first-order valence-electron chi connectivity index (χ1n) is 9.42. The summed E-state index contributed by atoms with van der Waals surface area (Å²) in [6.07, 6.45) is 4.39. The Hall–Kier alpha value is -1.75. The molecule has 2 fully saturated rings. The topological polar surface area (TPSA) is 75.8 Å². The van der Waals surface area contributed by atoms with E-state index in [4.69, 9.17) is 10.5 Å². The minimum absolute atomic E-state index is 0.432. The molecule has 0 aromatic heterocycles. The summed E-state index contributed by atoms with van der Waals surface area (Å²) in [5, 5.41) is 9.66. The number of hydrogen-bond donors (Lipinski definition) is 2. The van der Waals surface area contributed by atoms with Gasteiger partial charge in [-0.3, -0.25) is 4.79 Å². The molecular formula is C20H30N2O3. The fraction of sp³-hybridized carbons (Fsp3) is 0.650. The molecule has 1 aromatic rings. The standard InChI is InChI=1S/C20H30N2O3/c1-14(2)13-22(16-6-10-25-11-7-16)18-5-4-15(12-17(18)21)20(19(23)24)8-3-9-20/h4-5,12,14,16H,3,6-11,13,21H2,1-2H3,(H,23,24). The second-order valence-electron chi connectivity index (χ2n) is 7.90. The van der Waals surface area contributed by atoms with Gasteiger partial charge in [-0.25, -0.2) is 0 Å². The van der Waals surface area contributed by atoms with Crippen LogP contribution in [0.2, 0.25) is 0 Å². The highest BCUT2D eigenvalue weighted by molar-refractivity contribution is 5.84. The second-order valence-corrected chi connectivity index (χ2v) is 7.90. The molecule has 1 saturated carbocycles. The molecule has 0 radical (unpaired) electrons. The zero-order valence-electron chi connectivity index (χ0n) is 15.3. The molecule has 1 heterocycles. The maximum absolute atomic E-state index is 11.8. The Bertz CT molecular complexity index is 619. The van der Waals surface area contributed by atoms with Crippen LogP contribution in [0.5, 0.6) is 0 Å². The van der Waals surface area contributed by atoms with E-state index in [1.807, 2.05) is 18.2 Å². The van der Waals surface area contributed by atoms with Crippen LogP contribution in [-0.4, -0.2) is 36.9 Å². The van der Waals surface area contributed by atoms with Gasteiger partial charge in [0.25, 0.3) is 0 Å². The largest absolute Gasteiger partial charge is 0.481 e. The van der Waals surface area contributed by atoms with Crippen LogP contribution in [0.3, 0.4) is 0 Å². The minimum Gasteiger partial charge on any atom is -0.481 e. The molecule has 1 aliphatic heterocycles. The highest BCUT2D eigenvalue weighted by atomic mass is 16.5. The zero-order valence-corrected chi connectivity index (χ0v) is 15.3. The van der Waals surface area contributed by atoms with Crippen LogP contribution in [0.25, 0.3) is 0 Å². The summed E-state index contributed by atoms with van der Waals surface area (Å²) >= 11 is 0. The number of rotatable bonds is 6. The lowest BCUT2D eigenvalue weighted by Crippen LogP contribution is -2.43. The van der Waals surface area contributed by atoms with Crippen molar-refractivity contribution in [3.8, 4) is 0 Å². The fourth-order valence-corrected chi connectivity index (χ4v) is 4.10. The molecule has 5 nitrogen and oxygen atoms in total. The molecule has 5 heteroatoms. The smallest absolute Gasteiger partial charge is 0.314 e. The number of hydrogen-bond acceptors (Lipinski definition) is 4. The maximum atomic E-state index is 11.8. The predicted molar refractivity (Wildman–Crippen MR) is 100 cm³/mol. The number of nitrogen functional groups attached to an aromatic ring is 1. The molecule has 0 amide bonds. The van der Waals surface area contributed by atoms with Crippen LogP contribution >= 0.6 is 0 Å². The van der Waals surface area contributed by atoms with Crippen LogP contribution in [-0.2, 0) is 14.9 Å². The predicted octanol–water partition coefficient (Wildman–Crippen LogP) is 3.42. The molecule has 25 heavy (non-hydrogen) atoms. The van der Waals surface area contributed by atoms with Gasteiger partial charge in [-0.05, 0) is 49.3 Å². The molecule has 0 spiro atoms. The summed E-state index contributed by atoms with van der Waals surface area (Å²) in [6, 6.07) is 6.34. The molecule has 2 aliphatic rings. The van der Waals surface area contributed by atoms with Crippen LogP contribution in [0.4, 0.5) is 11.4 Å². The third kappa shape index (κ3) is 3.47. The Morgan fingerprint density at radius 2 is 2.04 bits per heavy atom. The normalized spacial score (nSPS) is 20.3. The van der Waals surface area contributed by atoms with Gasteiger partial charge in [0.1, 0.15) is 0 Å². The highest BCUT2D eigenvalue weighted by Gasteiger charge is 2.46. The summed E-state index contributed by atoms with van der Waals surface area (Å²) in [5.41, 5.74) is 8.26. The Kier molecular flexibility index (Phi) is 5.23. The van der Waals surface area contributed by atoms with E-state index >= 15 is 0 Å². The second kappa shape index (κ2) is 7.24. The van der Waals surface area contributed by atoms with Crippen molar-refractivity contribution in [2.24, 2.45) is 5.92 Å². The van der Waals surface area contributed by atoms with Gasteiger partial charge in [-0.15, -0.1) is 0 Å². The van der Waals surface area contributed by atoms with E-state index < -0.39 is 11.4 Å². The van der Waals surface area contributed by atoms with Gasteiger partial charge in [0.2, 0.25) is 0 Å². The van der Waals surface area contributed by atoms with Crippen LogP contribution in [0.1, 0.15) is 51.5 Å². The van der Waals surface area contributed by atoms with Gasteiger partial charge >= 0.3 is 5.97 Å². The van der Waals surface area contributed by atoms with Crippen molar-refractivity contribution in [3.05, 3.63) is 23.8 Å². The average molecular weight is 346 g/mol. The third-order valence-corrected chi connectivity index (χ3v) is 5.70. The molecule has 138 valence electrons. The molecule has 3 N–H and O–H groups in total. The third-order valence-electron chi connectivity index (χ3n) is 5.70. The van der Waals surface area contributed by atoms with Gasteiger partial charge < -0.3 is 20.5 Å². The van der Waals surface area contributed by atoms with E-state index in [9.17, 15) is 9.90 Å².